The highest BCUT2D eigenvalue weighted by Crippen LogP contribution is 2.36. The molecule has 1 aliphatic rings. The number of hydrogen-bond donors (Lipinski definition) is 2. The molecule has 1 aliphatic heterocycles. The van der Waals surface area contributed by atoms with Crippen molar-refractivity contribution in [3.8, 4) is 0 Å². The second kappa shape index (κ2) is 11.3. The predicted molar refractivity (Wildman–Crippen MR) is 122 cm³/mol. The molecule has 2 unspecified atom stereocenters. The molecule has 1 aromatic heterocycles. The van der Waals surface area contributed by atoms with Crippen molar-refractivity contribution in [1.82, 2.24) is 15.5 Å². The molecule has 2 N–H and O–H groups in total. The van der Waals surface area contributed by atoms with Gasteiger partial charge in [0.15, 0.2) is 5.96 Å². The number of aliphatic imine (C=N–C) groups is 1. The van der Waals surface area contributed by atoms with Gasteiger partial charge in [0.05, 0.1) is 13.2 Å². The minimum atomic E-state index is 0.493. The van der Waals surface area contributed by atoms with Gasteiger partial charge in [-0.1, -0.05) is 30.3 Å². The van der Waals surface area contributed by atoms with Gasteiger partial charge in [-0.3, -0.25) is 4.90 Å². The first kappa shape index (κ1) is 21.8. The lowest BCUT2D eigenvalue weighted by Gasteiger charge is -2.39. The Bertz CT molecular complexity index is 745. The van der Waals surface area contributed by atoms with Gasteiger partial charge in [-0.05, 0) is 61.8 Å². The zero-order valence-corrected chi connectivity index (χ0v) is 18.7. The molecule has 1 aromatic carbocycles. The van der Waals surface area contributed by atoms with Crippen molar-refractivity contribution < 1.29 is 4.74 Å². The predicted octanol–water partition coefficient (Wildman–Crippen LogP) is 4.03. The molecule has 158 valence electrons. The largest absolute Gasteiger partial charge is 0.380 e. The number of piperidine rings is 1. The van der Waals surface area contributed by atoms with Crippen LogP contribution in [-0.4, -0.2) is 44.7 Å². The van der Waals surface area contributed by atoms with Crippen molar-refractivity contribution >= 4 is 17.3 Å². The summed E-state index contributed by atoms with van der Waals surface area (Å²) in [5, 5.41) is 9.18. The van der Waals surface area contributed by atoms with Crippen LogP contribution in [-0.2, 0) is 17.9 Å². The highest BCUT2D eigenvalue weighted by Gasteiger charge is 2.31. The molecular weight excluding hydrogens is 380 g/mol. The molecule has 29 heavy (non-hydrogen) atoms. The van der Waals surface area contributed by atoms with E-state index in [2.05, 4.69) is 71.3 Å². The van der Waals surface area contributed by atoms with Crippen LogP contribution in [0.25, 0.3) is 0 Å². The molecule has 0 spiro atoms. The Balaban J connectivity index is 1.61. The summed E-state index contributed by atoms with van der Waals surface area (Å²) < 4.78 is 5.18. The van der Waals surface area contributed by atoms with E-state index in [-0.39, 0.29) is 0 Å². The molecule has 2 atom stereocenters. The number of ether oxygens (including phenoxy) is 1. The van der Waals surface area contributed by atoms with Gasteiger partial charge in [-0.25, -0.2) is 4.99 Å². The summed E-state index contributed by atoms with van der Waals surface area (Å²) in [6.45, 7) is 6.39. The van der Waals surface area contributed by atoms with Crippen molar-refractivity contribution in [3.05, 3.63) is 57.8 Å². The van der Waals surface area contributed by atoms with Crippen LogP contribution < -0.4 is 10.6 Å². The maximum absolute atomic E-state index is 5.18. The van der Waals surface area contributed by atoms with E-state index in [1.165, 1.54) is 35.4 Å². The number of hydrogen-bond acceptors (Lipinski definition) is 4. The van der Waals surface area contributed by atoms with Crippen molar-refractivity contribution in [2.45, 2.75) is 39.0 Å². The number of guanidine groups is 1. The standard InChI is InChI=1S/C23H34N4OS/c1-4-24-23(25-15-18-9-11-19(12-10-18)17-28-3)26-16-20-7-5-13-27(2)22(20)21-8-6-14-29-21/h6,8-12,14,20,22H,4-5,7,13,15-17H2,1-3H3,(H2,24,25,26). The van der Waals surface area contributed by atoms with E-state index in [0.29, 0.717) is 25.1 Å². The molecular formula is C23H34N4OS. The van der Waals surface area contributed by atoms with E-state index in [4.69, 9.17) is 9.73 Å². The zero-order chi connectivity index (χ0) is 20.5. The Morgan fingerprint density at radius 1 is 1.21 bits per heavy atom. The zero-order valence-electron chi connectivity index (χ0n) is 17.9. The molecule has 0 amide bonds. The van der Waals surface area contributed by atoms with Crippen LogP contribution in [0.1, 0.15) is 41.8 Å². The fraction of sp³-hybridized carbons (Fsp3) is 0.522. The maximum Gasteiger partial charge on any atom is 0.191 e. The smallest absolute Gasteiger partial charge is 0.191 e. The average Bonchev–Trinajstić information content (AvgIpc) is 3.25. The summed E-state index contributed by atoms with van der Waals surface area (Å²) >= 11 is 1.87. The first-order valence-electron chi connectivity index (χ1n) is 10.5. The summed E-state index contributed by atoms with van der Waals surface area (Å²) in [4.78, 5) is 8.78. The second-order valence-electron chi connectivity index (χ2n) is 7.67. The summed E-state index contributed by atoms with van der Waals surface area (Å²) in [7, 11) is 3.97. The molecule has 0 saturated carbocycles. The minimum absolute atomic E-state index is 0.493. The summed E-state index contributed by atoms with van der Waals surface area (Å²) in [6.07, 6.45) is 2.51. The van der Waals surface area contributed by atoms with Gasteiger partial charge in [0.1, 0.15) is 0 Å². The van der Waals surface area contributed by atoms with Crippen molar-refractivity contribution in [1.29, 1.82) is 0 Å². The average molecular weight is 415 g/mol. The molecule has 2 aromatic rings. The van der Waals surface area contributed by atoms with Crippen LogP contribution in [0.5, 0.6) is 0 Å². The Kier molecular flexibility index (Phi) is 8.52. The Hall–Kier alpha value is -1.89. The molecule has 6 heteroatoms. The Morgan fingerprint density at radius 2 is 2.00 bits per heavy atom. The van der Waals surface area contributed by atoms with Crippen molar-refractivity contribution in [3.63, 3.8) is 0 Å². The van der Waals surface area contributed by atoms with Crippen molar-refractivity contribution in [2.24, 2.45) is 10.9 Å². The first-order chi connectivity index (χ1) is 14.2. The van der Waals surface area contributed by atoms with Crippen LogP contribution in [0.2, 0.25) is 0 Å². The lowest BCUT2D eigenvalue weighted by atomic mass is 9.88. The molecule has 0 radical (unpaired) electrons. The van der Waals surface area contributed by atoms with E-state index in [0.717, 1.165) is 19.0 Å². The van der Waals surface area contributed by atoms with E-state index in [9.17, 15) is 0 Å². The van der Waals surface area contributed by atoms with Gasteiger partial charge in [0.25, 0.3) is 0 Å². The molecule has 1 fully saturated rings. The molecule has 1 saturated heterocycles. The second-order valence-corrected chi connectivity index (χ2v) is 8.65. The monoisotopic (exact) mass is 414 g/mol. The number of likely N-dealkylation sites (tertiary alicyclic amines) is 1. The van der Waals surface area contributed by atoms with Gasteiger partial charge in [-0.2, -0.15) is 0 Å². The quantitative estimate of drug-likeness (QED) is 0.506. The fourth-order valence-electron chi connectivity index (χ4n) is 4.03. The number of nitrogens with one attached hydrogen (secondary N) is 2. The first-order valence-corrected chi connectivity index (χ1v) is 11.4. The van der Waals surface area contributed by atoms with Gasteiger partial charge >= 0.3 is 0 Å². The lowest BCUT2D eigenvalue weighted by molar-refractivity contribution is 0.125. The van der Waals surface area contributed by atoms with E-state index < -0.39 is 0 Å². The molecule has 0 bridgehead atoms. The Morgan fingerprint density at radius 3 is 2.69 bits per heavy atom. The van der Waals surface area contributed by atoms with Crippen LogP contribution in [0.15, 0.2) is 46.8 Å². The van der Waals surface area contributed by atoms with Gasteiger partial charge in [-0.15, -0.1) is 11.3 Å². The number of rotatable bonds is 8. The third-order valence-corrected chi connectivity index (χ3v) is 6.41. The number of benzene rings is 1. The van der Waals surface area contributed by atoms with Crippen molar-refractivity contribution in [2.75, 3.05) is 33.8 Å². The van der Waals surface area contributed by atoms with Crippen LogP contribution in [0.4, 0.5) is 0 Å². The summed E-state index contributed by atoms with van der Waals surface area (Å²) in [6, 6.07) is 13.4. The normalized spacial score (nSPS) is 20.6. The number of methoxy groups -OCH3 is 1. The minimum Gasteiger partial charge on any atom is -0.380 e. The van der Waals surface area contributed by atoms with Crippen LogP contribution in [0, 0.1) is 5.92 Å². The topological polar surface area (TPSA) is 48.9 Å². The molecule has 3 rings (SSSR count). The number of thiophene rings is 1. The molecule has 0 aliphatic carbocycles. The van der Waals surface area contributed by atoms with Crippen LogP contribution in [0.3, 0.4) is 0 Å². The SMILES string of the molecule is CCNC(=NCc1ccc(COC)cc1)NCC1CCCN(C)C1c1cccs1. The van der Waals surface area contributed by atoms with E-state index >= 15 is 0 Å². The Labute approximate surface area is 179 Å². The van der Waals surface area contributed by atoms with Crippen LogP contribution >= 0.6 is 11.3 Å². The maximum atomic E-state index is 5.18. The number of nitrogens with zero attached hydrogens (tertiary/aromatic N) is 2. The lowest BCUT2D eigenvalue weighted by Crippen LogP contribution is -2.44. The highest BCUT2D eigenvalue weighted by atomic mass is 32.1. The van der Waals surface area contributed by atoms with Gasteiger partial charge < -0.3 is 15.4 Å². The van der Waals surface area contributed by atoms with Gasteiger partial charge in [0, 0.05) is 31.1 Å². The third-order valence-electron chi connectivity index (χ3n) is 5.47. The highest BCUT2D eigenvalue weighted by molar-refractivity contribution is 7.10. The summed E-state index contributed by atoms with van der Waals surface area (Å²) in [5.41, 5.74) is 2.39. The summed E-state index contributed by atoms with van der Waals surface area (Å²) in [5.74, 6) is 1.48. The fourth-order valence-corrected chi connectivity index (χ4v) is 5.01. The molecule has 2 heterocycles. The third kappa shape index (κ3) is 6.29. The molecule has 5 nitrogen and oxygen atoms in total. The van der Waals surface area contributed by atoms with Gasteiger partial charge in [0.2, 0.25) is 0 Å². The van der Waals surface area contributed by atoms with E-state index in [1.54, 1.807) is 7.11 Å². The van der Waals surface area contributed by atoms with E-state index in [1.807, 2.05) is 11.3 Å².